The highest BCUT2D eigenvalue weighted by atomic mass is 19.1. The van der Waals surface area contributed by atoms with E-state index in [0.717, 1.165) is 4.90 Å². The summed E-state index contributed by atoms with van der Waals surface area (Å²) >= 11 is 0. The molecule has 0 bridgehead atoms. The molecule has 0 N–H and O–H groups in total. The van der Waals surface area contributed by atoms with E-state index in [0.29, 0.717) is 0 Å². The van der Waals surface area contributed by atoms with Crippen LogP contribution in [0.1, 0.15) is 6.42 Å². The van der Waals surface area contributed by atoms with E-state index in [1.807, 2.05) is 0 Å². The molecular formula is C6H8FNO2. The van der Waals surface area contributed by atoms with Crippen LogP contribution in [0.2, 0.25) is 0 Å². The topological polar surface area (TPSA) is 29.5 Å². The fraction of sp³-hybridized carbons (Fsp3) is 0.500. The van der Waals surface area contributed by atoms with E-state index in [2.05, 4.69) is 11.3 Å². The van der Waals surface area contributed by atoms with Gasteiger partial charge in [-0.25, -0.2) is 9.18 Å². The normalized spacial score (nSPS) is 26.6. The van der Waals surface area contributed by atoms with Crippen LogP contribution in [-0.4, -0.2) is 24.3 Å². The second-order valence-electron chi connectivity index (χ2n) is 2.16. The van der Waals surface area contributed by atoms with E-state index in [4.69, 9.17) is 0 Å². The SMILES string of the molecule is C=C1CC(F)N(C)C(=O)O1. The zero-order chi connectivity index (χ0) is 7.72. The summed E-state index contributed by atoms with van der Waals surface area (Å²) in [7, 11) is 1.35. The van der Waals surface area contributed by atoms with Gasteiger partial charge in [0.2, 0.25) is 0 Å². The number of alkyl halides is 1. The third-order valence-corrected chi connectivity index (χ3v) is 1.34. The van der Waals surface area contributed by atoms with Crippen molar-refractivity contribution in [2.45, 2.75) is 12.7 Å². The van der Waals surface area contributed by atoms with Gasteiger partial charge < -0.3 is 4.74 Å². The highest BCUT2D eigenvalue weighted by molar-refractivity contribution is 5.69. The maximum absolute atomic E-state index is 12.6. The first-order chi connectivity index (χ1) is 4.61. The summed E-state index contributed by atoms with van der Waals surface area (Å²) in [5, 5.41) is 0. The largest absolute Gasteiger partial charge is 0.416 e. The number of rotatable bonds is 0. The van der Waals surface area contributed by atoms with Crippen LogP contribution in [-0.2, 0) is 4.74 Å². The first-order valence-corrected chi connectivity index (χ1v) is 2.87. The van der Waals surface area contributed by atoms with Crippen LogP contribution in [0.25, 0.3) is 0 Å². The maximum atomic E-state index is 12.6. The molecule has 1 atom stereocenters. The van der Waals surface area contributed by atoms with Crippen molar-refractivity contribution >= 4 is 6.09 Å². The van der Waals surface area contributed by atoms with Gasteiger partial charge in [0.25, 0.3) is 0 Å². The average Bonchev–Trinajstić information content (AvgIpc) is 1.82. The summed E-state index contributed by atoms with van der Waals surface area (Å²) in [6.45, 7) is 3.34. The number of nitrogens with zero attached hydrogens (tertiary/aromatic N) is 1. The zero-order valence-electron chi connectivity index (χ0n) is 5.63. The summed E-state index contributed by atoms with van der Waals surface area (Å²) in [6.07, 6.45) is -1.89. The molecule has 1 amide bonds. The van der Waals surface area contributed by atoms with Gasteiger partial charge in [-0.15, -0.1) is 0 Å². The minimum absolute atomic E-state index is 0.0717. The number of hydrogen-bond acceptors (Lipinski definition) is 2. The lowest BCUT2D eigenvalue weighted by Gasteiger charge is -2.26. The number of carbonyl (C=O) groups is 1. The summed E-state index contributed by atoms with van der Waals surface area (Å²) < 4.78 is 17.2. The predicted molar refractivity (Wildman–Crippen MR) is 32.9 cm³/mol. The number of cyclic esters (lactones) is 1. The summed E-state index contributed by atoms with van der Waals surface area (Å²) in [6, 6.07) is 0. The lowest BCUT2D eigenvalue weighted by atomic mass is 10.3. The van der Waals surface area contributed by atoms with Crippen LogP contribution >= 0.6 is 0 Å². The lowest BCUT2D eigenvalue weighted by Crippen LogP contribution is -2.39. The van der Waals surface area contributed by atoms with E-state index in [-0.39, 0.29) is 12.2 Å². The van der Waals surface area contributed by atoms with Gasteiger partial charge in [-0.05, 0) is 0 Å². The molecule has 10 heavy (non-hydrogen) atoms. The molecule has 4 heteroatoms. The fourth-order valence-corrected chi connectivity index (χ4v) is 0.676. The molecule has 1 rings (SSSR count). The van der Waals surface area contributed by atoms with Crippen molar-refractivity contribution in [3.63, 3.8) is 0 Å². The van der Waals surface area contributed by atoms with Gasteiger partial charge in [-0.3, -0.25) is 4.90 Å². The molecule has 1 saturated heterocycles. The Morgan fingerprint density at radius 1 is 1.90 bits per heavy atom. The molecule has 0 aromatic carbocycles. The number of amides is 1. The van der Waals surface area contributed by atoms with Crippen LogP contribution in [0.5, 0.6) is 0 Å². The standard InChI is InChI=1S/C6H8FNO2/c1-4-3-5(7)8(2)6(9)10-4/h5H,1,3H2,2H3. The Morgan fingerprint density at radius 2 is 2.50 bits per heavy atom. The second-order valence-corrected chi connectivity index (χ2v) is 2.16. The van der Waals surface area contributed by atoms with Crippen LogP contribution < -0.4 is 0 Å². The van der Waals surface area contributed by atoms with E-state index >= 15 is 0 Å². The van der Waals surface area contributed by atoms with Gasteiger partial charge in [0.15, 0.2) is 6.30 Å². The number of halogens is 1. The highest BCUT2D eigenvalue weighted by Gasteiger charge is 2.27. The molecule has 1 heterocycles. The minimum Gasteiger partial charge on any atom is -0.415 e. The average molecular weight is 145 g/mol. The van der Waals surface area contributed by atoms with Gasteiger partial charge in [0.1, 0.15) is 5.76 Å². The monoisotopic (exact) mass is 145 g/mol. The van der Waals surface area contributed by atoms with Crippen molar-refractivity contribution in [1.29, 1.82) is 0 Å². The Labute approximate surface area is 58.1 Å². The van der Waals surface area contributed by atoms with Crippen LogP contribution in [0, 0.1) is 0 Å². The van der Waals surface area contributed by atoms with Crippen molar-refractivity contribution < 1.29 is 13.9 Å². The van der Waals surface area contributed by atoms with Crippen molar-refractivity contribution in [1.82, 2.24) is 4.90 Å². The van der Waals surface area contributed by atoms with Gasteiger partial charge in [-0.2, -0.15) is 0 Å². The third kappa shape index (κ3) is 1.10. The fourth-order valence-electron chi connectivity index (χ4n) is 0.676. The molecule has 0 aliphatic carbocycles. The molecule has 0 spiro atoms. The zero-order valence-corrected chi connectivity index (χ0v) is 5.63. The quantitative estimate of drug-likeness (QED) is 0.480. The van der Waals surface area contributed by atoms with E-state index in [1.54, 1.807) is 0 Å². The molecule has 0 saturated carbocycles. The van der Waals surface area contributed by atoms with E-state index in [9.17, 15) is 9.18 Å². The smallest absolute Gasteiger partial charge is 0.415 e. The Balaban J connectivity index is 2.66. The number of hydrogen-bond donors (Lipinski definition) is 0. The second kappa shape index (κ2) is 2.28. The maximum Gasteiger partial charge on any atom is 0.416 e. The molecule has 0 aromatic rings. The lowest BCUT2D eigenvalue weighted by molar-refractivity contribution is 0.0412. The van der Waals surface area contributed by atoms with Crippen molar-refractivity contribution in [2.24, 2.45) is 0 Å². The Bertz CT molecular complexity index is 181. The number of carbonyl (C=O) groups excluding carboxylic acids is 1. The molecule has 1 aliphatic heterocycles. The van der Waals surface area contributed by atoms with E-state index in [1.165, 1.54) is 7.05 Å². The molecule has 0 radical (unpaired) electrons. The first kappa shape index (κ1) is 7.05. The predicted octanol–water partition coefficient (Wildman–Crippen LogP) is 1.27. The van der Waals surface area contributed by atoms with Gasteiger partial charge in [-0.1, -0.05) is 6.58 Å². The van der Waals surface area contributed by atoms with Crippen molar-refractivity contribution in [2.75, 3.05) is 7.05 Å². The molecule has 1 unspecified atom stereocenters. The van der Waals surface area contributed by atoms with E-state index < -0.39 is 12.4 Å². The first-order valence-electron chi connectivity index (χ1n) is 2.87. The highest BCUT2D eigenvalue weighted by Crippen LogP contribution is 2.18. The Morgan fingerprint density at radius 3 is 3.00 bits per heavy atom. The Kier molecular flexibility index (Phi) is 1.61. The molecule has 1 fully saturated rings. The molecule has 1 aliphatic rings. The van der Waals surface area contributed by atoms with Crippen LogP contribution in [0.3, 0.4) is 0 Å². The molecule has 3 nitrogen and oxygen atoms in total. The summed E-state index contributed by atoms with van der Waals surface area (Å²) in [5.41, 5.74) is 0. The van der Waals surface area contributed by atoms with Crippen LogP contribution in [0.15, 0.2) is 12.3 Å². The summed E-state index contributed by atoms with van der Waals surface area (Å²) in [5.74, 6) is 0.190. The van der Waals surface area contributed by atoms with Gasteiger partial charge in [0, 0.05) is 7.05 Å². The third-order valence-electron chi connectivity index (χ3n) is 1.34. The Hall–Kier alpha value is -1.06. The summed E-state index contributed by atoms with van der Waals surface area (Å²) in [4.78, 5) is 11.5. The van der Waals surface area contributed by atoms with Crippen molar-refractivity contribution in [3.05, 3.63) is 12.3 Å². The van der Waals surface area contributed by atoms with Gasteiger partial charge >= 0.3 is 6.09 Å². The van der Waals surface area contributed by atoms with Crippen molar-refractivity contribution in [3.8, 4) is 0 Å². The van der Waals surface area contributed by atoms with Crippen LogP contribution in [0.4, 0.5) is 9.18 Å². The minimum atomic E-state index is -1.28. The number of ether oxygens (including phenoxy) is 1. The molecule has 56 valence electrons. The van der Waals surface area contributed by atoms with Gasteiger partial charge in [0.05, 0.1) is 6.42 Å². The molecular weight excluding hydrogens is 137 g/mol. The molecule has 0 aromatic heterocycles.